The summed E-state index contributed by atoms with van der Waals surface area (Å²) in [7, 11) is 0. The third-order valence-electron chi connectivity index (χ3n) is 2.97. The Balaban J connectivity index is 2.12. The lowest BCUT2D eigenvalue weighted by atomic mass is 10.1. The summed E-state index contributed by atoms with van der Waals surface area (Å²) >= 11 is 0. The Morgan fingerprint density at radius 2 is 1.90 bits per heavy atom. The van der Waals surface area contributed by atoms with Gasteiger partial charge < -0.3 is 10.7 Å². The van der Waals surface area contributed by atoms with Gasteiger partial charge in [-0.1, -0.05) is 12.1 Å². The van der Waals surface area contributed by atoms with E-state index in [1.807, 2.05) is 0 Å². The van der Waals surface area contributed by atoms with E-state index in [-0.39, 0.29) is 5.69 Å². The van der Waals surface area contributed by atoms with Crippen molar-refractivity contribution in [2.75, 3.05) is 10.7 Å². The van der Waals surface area contributed by atoms with Crippen molar-refractivity contribution < 1.29 is 14.4 Å². The van der Waals surface area contributed by atoms with E-state index in [1.54, 1.807) is 29.7 Å². The first-order valence-electron chi connectivity index (χ1n) is 6.12. The van der Waals surface area contributed by atoms with Gasteiger partial charge in [-0.2, -0.15) is 0 Å². The van der Waals surface area contributed by atoms with Gasteiger partial charge >= 0.3 is 0 Å². The molecule has 0 unspecified atom stereocenters. The van der Waals surface area contributed by atoms with E-state index in [1.165, 1.54) is 23.2 Å². The molecule has 21 heavy (non-hydrogen) atoms. The number of nitrogens with two attached hydrogens (primary N) is 2. The topological polar surface area (TPSA) is 105 Å². The quantitative estimate of drug-likeness (QED) is 0.295. The van der Waals surface area contributed by atoms with Crippen LogP contribution in [0.1, 0.15) is 15.9 Å². The van der Waals surface area contributed by atoms with Crippen LogP contribution in [0.2, 0.25) is 0 Å². The van der Waals surface area contributed by atoms with Crippen molar-refractivity contribution in [3.63, 3.8) is 0 Å². The van der Waals surface area contributed by atoms with Gasteiger partial charge in [-0.15, -0.1) is 0 Å². The maximum atomic E-state index is 13.0. The molecular formula is C14H15FN4O2. The molecule has 2 aromatic rings. The summed E-state index contributed by atoms with van der Waals surface area (Å²) in [5, 5.41) is 9.92. The molecule has 0 aliphatic rings. The maximum Gasteiger partial charge on any atom is 0.274 e. The summed E-state index contributed by atoms with van der Waals surface area (Å²) in [6.07, 6.45) is 0. The number of carbonyl (C=O) groups excluding carboxylic acids is 1. The highest BCUT2D eigenvalue weighted by Gasteiger charge is 2.09. The molecule has 0 aliphatic heterocycles. The molecule has 0 spiro atoms. The average Bonchev–Trinajstić information content (AvgIpc) is 2.47. The van der Waals surface area contributed by atoms with Crippen LogP contribution in [0, 0.1) is 5.82 Å². The Kier molecular flexibility index (Phi) is 4.36. The zero-order chi connectivity index (χ0) is 15.4. The molecule has 0 aromatic heterocycles. The minimum atomic E-state index is -0.589. The third-order valence-corrected chi connectivity index (χ3v) is 2.97. The lowest BCUT2D eigenvalue weighted by molar-refractivity contribution is 0.0706. The van der Waals surface area contributed by atoms with E-state index in [0.717, 1.165) is 5.56 Å². The normalized spacial score (nSPS) is 10.2. The second-order valence-electron chi connectivity index (χ2n) is 4.47. The molecule has 0 saturated carbocycles. The van der Waals surface area contributed by atoms with Gasteiger partial charge in [-0.25, -0.2) is 15.7 Å². The fourth-order valence-electron chi connectivity index (χ4n) is 1.89. The summed E-state index contributed by atoms with van der Waals surface area (Å²) in [5.41, 5.74) is 9.18. The smallest absolute Gasteiger partial charge is 0.274 e. The molecular weight excluding hydrogens is 275 g/mol. The van der Waals surface area contributed by atoms with Gasteiger partial charge in [-0.05, 0) is 35.9 Å². The SMILES string of the molecule is Nc1cc(F)ccc1N(N)Cc1ccc(C(=O)NO)cc1. The zero-order valence-corrected chi connectivity index (χ0v) is 11.1. The number of nitrogens with zero attached hydrogens (tertiary/aromatic N) is 1. The monoisotopic (exact) mass is 290 g/mol. The fraction of sp³-hybridized carbons (Fsp3) is 0.0714. The molecule has 1 amide bonds. The summed E-state index contributed by atoms with van der Waals surface area (Å²) in [5.74, 6) is 4.90. The van der Waals surface area contributed by atoms with Crippen molar-refractivity contribution in [2.45, 2.75) is 6.54 Å². The van der Waals surface area contributed by atoms with Crippen molar-refractivity contribution in [2.24, 2.45) is 5.84 Å². The summed E-state index contributed by atoms with van der Waals surface area (Å²) < 4.78 is 13.0. The van der Waals surface area contributed by atoms with Crippen molar-refractivity contribution in [1.29, 1.82) is 0 Å². The molecule has 0 saturated heterocycles. The number of hydrogen-bond acceptors (Lipinski definition) is 5. The van der Waals surface area contributed by atoms with Crippen LogP contribution in [-0.2, 0) is 6.54 Å². The van der Waals surface area contributed by atoms with Crippen LogP contribution in [0.4, 0.5) is 15.8 Å². The first kappa shape index (κ1) is 14.8. The molecule has 0 bridgehead atoms. The zero-order valence-electron chi connectivity index (χ0n) is 11.1. The van der Waals surface area contributed by atoms with Crippen LogP contribution >= 0.6 is 0 Å². The largest absolute Gasteiger partial charge is 0.397 e. The van der Waals surface area contributed by atoms with Crippen LogP contribution in [-0.4, -0.2) is 11.1 Å². The first-order valence-corrected chi connectivity index (χ1v) is 6.12. The van der Waals surface area contributed by atoms with Crippen LogP contribution in [0.25, 0.3) is 0 Å². The van der Waals surface area contributed by atoms with Gasteiger partial charge in [0, 0.05) is 5.56 Å². The van der Waals surface area contributed by atoms with Crippen molar-refractivity contribution in [1.82, 2.24) is 5.48 Å². The van der Waals surface area contributed by atoms with Crippen molar-refractivity contribution in [3.05, 3.63) is 59.4 Å². The number of nitrogen functional groups attached to an aromatic ring is 1. The highest BCUT2D eigenvalue weighted by Crippen LogP contribution is 2.23. The van der Waals surface area contributed by atoms with Gasteiger partial charge in [0.25, 0.3) is 5.91 Å². The second kappa shape index (κ2) is 6.21. The number of halogens is 1. The summed E-state index contributed by atoms with van der Waals surface area (Å²) in [4.78, 5) is 11.2. The number of rotatable bonds is 4. The molecule has 110 valence electrons. The predicted molar refractivity (Wildman–Crippen MR) is 76.9 cm³/mol. The molecule has 6 nitrogen and oxygen atoms in total. The Hall–Kier alpha value is -2.64. The number of hydrazine groups is 1. The Morgan fingerprint density at radius 3 is 2.48 bits per heavy atom. The van der Waals surface area contributed by atoms with E-state index >= 15 is 0 Å². The van der Waals surface area contributed by atoms with Gasteiger partial charge in [0.2, 0.25) is 0 Å². The standard InChI is InChI=1S/C14H15FN4O2/c15-11-5-6-13(12(16)7-11)19(17)8-9-1-3-10(4-2-9)14(20)18-21/h1-7,21H,8,16-17H2,(H,18,20). The highest BCUT2D eigenvalue weighted by atomic mass is 19.1. The number of hydroxylamine groups is 1. The van der Waals surface area contributed by atoms with E-state index in [2.05, 4.69) is 0 Å². The number of nitrogens with one attached hydrogen (secondary N) is 1. The number of benzene rings is 2. The van der Waals surface area contributed by atoms with Gasteiger partial charge in [0.15, 0.2) is 0 Å². The molecule has 0 aliphatic carbocycles. The Labute approximate surface area is 120 Å². The molecule has 0 heterocycles. The number of amides is 1. The lowest BCUT2D eigenvalue weighted by Gasteiger charge is -2.20. The minimum Gasteiger partial charge on any atom is -0.397 e. The summed E-state index contributed by atoms with van der Waals surface area (Å²) in [6.45, 7) is 0.330. The minimum absolute atomic E-state index is 0.244. The van der Waals surface area contributed by atoms with E-state index in [9.17, 15) is 9.18 Å². The van der Waals surface area contributed by atoms with Crippen LogP contribution in [0.5, 0.6) is 0 Å². The highest BCUT2D eigenvalue weighted by molar-refractivity contribution is 5.93. The Bertz CT molecular complexity index is 646. The van der Waals surface area contributed by atoms with E-state index in [0.29, 0.717) is 17.8 Å². The molecule has 7 heteroatoms. The van der Waals surface area contributed by atoms with Crippen LogP contribution in [0.3, 0.4) is 0 Å². The predicted octanol–water partition coefficient (Wildman–Crippen LogP) is 1.41. The molecule has 2 aromatic carbocycles. The third kappa shape index (κ3) is 3.47. The second-order valence-corrected chi connectivity index (χ2v) is 4.47. The van der Waals surface area contributed by atoms with E-state index < -0.39 is 11.7 Å². The van der Waals surface area contributed by atoms with Crippen molar-refractivity contribution >= 4 is 17.3 Å². The number of hydrogen-bond donors (Lipinski definition) is 4. The molecule has 0 atom stereocenters. The number of carbonyl (C=O) groups is 1. The number of anilines is 2. The van der Waals surface area contributed by atoms with Gasteiger partial charge in [0.1, 0.15) is 5.82 Å². The first-order chi connectivity index (χ1) is 10.0. The molecule has 6 N–H and O–H groups in total. The molecule has 0 fully saturated rings. The van der Waals surface area contributed by atoms with Crippen molar-refractivity contribution in [3.8, 4) is 0 Å². The fourth-order valence-corrected chi connectivity index (χ4v) is 1.89. The van der Waals surface area contributed by atoms with E-state index in [4.69, 9.17) is 16.8 Å². The maximum absolute atomic E-state index is 13.0. The summed E-state index contributed by atoms with van der Waals surface area (Å²) in [6, 6.07) is 10.5. The van der Waals surface area contributed by atoms with Gasteiger partial charge in [-0.3, -0.25) is 10.0 Å². The van der Waals surface area contributed by atoms with Crippen LogP contribution in [0.15, 0.2) is 42.5 Å². The van der Waals surface area contributed by atoms with Gasteiger partial charge in [0.05, 0.1) is 17.9 Å². The Morgan fingerprint density at radius 1 is 1.24 bits per heavy atom. The average molecular weight is 290 g/mol. The van der Waals surface area contributed by atoms with Crippen LogP contribution < -0.4 is 22.1 Å². The molecule has 0 radical (unpaired) electrons. The molecule has 2 rings (SSSR count). The lowest BCUT2D eigenvalue weighted by Crippen LogP contribution is -2.30.